The van der Waals surface area contributed by atoms with Crippen LogP contribution >= 0.6 is 11.3 Å². The Kier molecular flexibility index (Phi) is 3.00. The van der Waals surface area contributed by atoms with E-state index in [-0.39, 0.29) is 0 Å². The first kappa shape index (κ1) is 11.6. The quantitative estimate of drug-likeness (QED) is 0.853. The first-order valence-electron chi connectivity index (χ1n) is 5.35. The maximum atomic E-state index is 14.3. The molecule has 2 rings (SSSR count). The molecular formula is C13H16FNS. The fourth-order valence-electron chi connectivity index (χ4n) is 1.69. The smallest absolute Gasteiger partial charge is 0.143 e. The molecule has 1 atom stereocenters. The van der Waals surface area contributed by atoms with Gasteiger partial charge in [-0.2, -0.15) is 0 Å². The second kappa shape index (κ2) is 4.15. The van der Waals surface area contributed by atoms with Crippen LogP contribution in [0.2, 0.25) is 0 Å². The Balaban J connectivity index is 2.39. The maximum absolute atomic E-state index is 14.3. The lowest BCUT2D eigenvalue weighted by Crippen LogP contribution is -2.40. The summed E-state index contributed by atoms with van der Waals surface area (Å²) < 4.78 is 15.5. The summed E-state index contributed by atoms with van der Waals surface area (Å²) in [6, 6.07) is 7.84. The molecule has 1 unspecified atom stereocenters. The Morgan fingerprint density at radius 1 is 1.31 bits per heavy atom. The predicted octanol–water partition coefficient (Wildman–Crippen LogP) is 3.91. The highest BCUT2D eigenvalue weighted by molar-refractivity contribution is 7.17. The van der Waals surface area contributed by atoms with Gasteiger partial charge < -0.3 is 5.32 Å². The minimum Gasteiger partial charge on any atom is -0.312 e. The van der Waals surface area contributed by atoms with Crippen molar-refractivity contribution in [1.29, 1.82) is 0 Å². The van der Waals surface area contributed by atoms with E-state index in [0.717, 1.165) is 10.9 Å². The number of hydrogen-bond donors (Lipinski definition) is 1. The number of thiophene rings is 1. The zero-order valence-electron chi connectivity index (χ0n) is 9.75. The van der Waals surface area contributed by atoms with Crippen LogP contribution in [0.15, 0.2) is 29.6 Å². The Morgan fingerprint density at radius 2 is 2.06 bits per heavy atom. The second-order valence-corrected chi connectivity index (χ2v) is 5.50. The number of hydrogen-bond acceptors (Lipinski definition) is 2. The van der Waals surface area contributed by atoms with E-state index in [1.54, 1.807) is 18.4 Å². The Hall–Kier alpha value is -0.930. The van der Waals surface area contributed by atoms with Crippen LogP contribution in [-0.4, -0.2) is 12.6 Å². The van der Waals surface area contributed by atoms with Crippen molar-refractivity contribution < 1.29 is 4.39 Å². The van der Waals surface area contributed by atoms with Crippen LogP contribution in [0.4, 0.5) is 4.39 Å². The molecule has 3 heteroatoms. The molecule has 1 heterocycles. The summed E-state index contributed by atoms with van der Waals surface area (Å²) in [6.07, 6.45) is -0.998. The summed E-state index contributed by atoms with van der Waals surface area (Å²) in [5.41, 5.74) is 0.203. The summed E-state index contributed by atoms with van der Waals surface area (Å²) in [7, 11) is 1.79. The largest absolute Gasteiger partial charge is 0.312 e. The summed E-state index contributed by atoms with van der Waals surface area (Å²) in [5, 5.41) is 6.16. The molecule has 0 spiro atoms. The third-order valence-corrected chi connectivity index (χ3v) is 3.94. The lowest BCUT2D eigenvalue weighted by molar-refractivity contribution is 0.191. The molecule has 0 amide bonds. The lowest BCUT2D eigenvalue weighted by Gasteiger charge is -2.28. The number of rotatable bonds is 3. The van der Waals surface area contributed by atoms with Crippen LogP contribution in [0.5, 0.6) is 0 Å². The molecule has 0 aliphatic carbocycles. The number of halogens is 1. The van der Waals surface area contributed by atoms with Crippen LogP contribution in [-0.2, 0) is 0 Å². The predicted molar refractivity (Wildman–Crippen MR) is 68.8 cm³/mol. The van der Waals surface area contributed by atoms with Gasteiger partial charge in [0.15, 0.2) is 0 Å². The minimum absolute atomic E-state index is 0.538. The molecule has 1 nitrogen and oxygen atoms in total. The Bertz CT molecular complexity index is 489. The number of nitrogens with one attached hydrogen (secondary N) is 1. The van der Waals surface area contributed by atoms with Crippen LogP contribution < -0.4 is 5.32 Å². The van der Waals surface area contributed by atoms with E-state index in [0.29, 0.717) is 0 Å². The number of alkyl halides is 1. The third-order valence-electron chi connectivity index (χ3n) is 3.05. The van der Waals surface area contributed by atoms with E-state index < -0.39 is 11.7 Å². The normalized spacial score (nSPS) is 14.2. The van der Waals surface area contributed by atoms with Crippen LogP contribution in [0.1, 0.15) is 25.6 Å². The average molecular weight is 237 g/mol. The van der Waals surface area contributed by atoms with Crippen molar-refractivity contribution in [2.75, 3.05) is 7.05 Å². The third kappa shape index (κ3) is 1.97. The van der Waals surface area contributed by atoms with E-state index >= 15 is 0 Å². The molecule has 1 aromatic carbocycles. The summed E-state index contributed by atoms with van der Waals surface area (Å²) in [5.74, 6) is 0. The zero-order chi connectivity index (χ0) is 11.8. The van der Waals surface area contributed by atoms with Crippen LogP contribution in [0.25, 0.3) is 10.1 Å². The van der Waals surface area contributed by atoms with Gasteiger partial charge in [-0.1, -0.05) is 6.07 Å². The first-order chi connectivity index (χ1) is 7.54. The SMILES string of the molecule is CNC(C)(C)C(F)c1ccc2sccc2c1. The van der Waals surface area contributed by atoms with Gasteiger partial charge in [0.25, 0.3) is 0 Å². The first-order valence-corrected chi connectivity index (χ1v) is 6.23. The van der Waals surface area contributed by atoms with Crippen molar-refractivity contribution in [2.45, 2.75) is 25.6 Å². The van der Waals surface area contributed by atoms with E-state index in [4.69, 9.17) is 0 Å². The van der Waals surface area contributed by atoms with Gasteiger partial charge in [0.05, 0.1) is 0 Å². The summed E-state index contributed by atoms with van der Waals surface area (Å²) in [6.45, 7) is 3.74. The van der Waals surface area contributed by atoms with Gasteiger partial charge >= 0.3 is 0 Å². The van der Waals surface area contributed by atoms with Gasteiger partial charge in [0.2, 0.25) is 0 Å². The van der Waals surface area contributed by atoms with Crippen molar-refractivity contribution in [1.82, 2.24) is 5.32 Å². The molecular weight excluding hydrogens is 221 g/mol. The van der Waals surface area contributed by atoms with Crippen molar-refractivity contribution in [3.05, 3.63) is 35.2 Å². The summed E-state index contributed by atoms with van der Waals surface area (Å²) >= 11 is 1.68. The molecule has 0 aliphatic heterocycles. The number of benzene rings is 1. The maximum Gasteiger partial charge on any atom is 0.143 e. The van der Waals surface area contributed by atoms with Gasteiger partial charge in [-0.25, -0.2) is 4.39 Å². The molecule has 0 fully saturated rings. The highest BCUT2D eigenvalue weighted by Gasteiger charge is 2.29. The molecule has 0 bridgehead atoms. The zero-order valence-corrected chi connectivity index (χ0v) is 10.6. The van der Waals surface area contributed by atoms with Gasteiger partial charge in [-0.3, -0.25) is 0 Å². The van der Waals surface area contributed by atoms with Gasteiger partial charge in [0.1, 0.15) is 6.17 Å². The molecule has 0 saturated heterocycles. The molecule has 0 saturated carbocycles. The molecule has 86 valence electrons. The van der Waals surface area contributed by atoms with Crippen molar-refractivity contribution in [2.24, 2.45) is 0 Å². The average Bonchev–Trinajstić information content (AvgIpc) is 2.74. The Labute approximate surface area is 99.3 Å². The van der Waals surface area contributed by atoms with Crippen molar-refractivity contribution >= 4 is 21.4 Å². The van der Waals surface area contributed by atoms with E-state index in [2.05, 4.69) is 5.32 Å². The highest BCUT2D eigenvalue weighted by Crippen LogP contribution is 2.32. The number of fused-ring (bicyclic) bond motifs is 1. The molecule has 0 radical (unpaired) electrons. The van der Waals surface area contributed by atoms with E-state index in [9.17, 15) is 4.39 Å². The van der Waals surface area contributed by atoms with Crippen LogP contribution in [0.3, 0.4) is 0 Å². The van der Waals surface area contributed by atoms with Gasteiger partial charge in [-0.15, -0.1) is 11.3 Å². The van der Waals surface area contributed by atoms with E-state index in [1.807, 2.05) is 43.5 Å². The molecule has 1 aromatic heterocycles. The summed E-state index contributed by atoms with van der Waals surface area (Å²) in [4.78, 5) is 0. The molecule has 16 heavy (non-hydrogen) atoms. The monoisotopic (exact) mass is 237 g/mol. The standard InChI is InChI=1S/C13H16FNS/c1-13(2,15-3)12(14)10-4-5-11-9(8-10)6-7-16-11/h4-8,12,15H,1-3H3. The van der Waals surface area contributed by atoms with Crippen LogP contribution in [0, 0.1) is 0 Å². The minimum atomic E-state index is -0.998. The van der Waals surface area contributed by atoms with Gasteiger partial charge in [-0.05, 0) is 55.4 Å². The topological polar surface area (TPSA) is 12.0 Å². The Morgan fingerprint density at radius 3 is 2.75 bits per heavy atom. The fourth-order valence-corrected chi connectivity index (χ4v) is 2.46. The fraction of sp³-hybridized carbons (Fsp3) is 0.385. The highest BCUT2D eigenvalue weighted by atomic mass is 32.1. The van der Waals surface area contributed by atoms with Crippen molar-refractivity contribution in [3.8, 4) is 0 Å². The second-order valence-electron chi connectivity index (χ2n) is 4.55. The van der Waals surface area contributed by atoms with Crippen molar-refractivity contribution in [3.63, 3.8) is 0 Å². The molecule has 1 N–H and O–H groups in total. The number of likely N-dealkylation sites (N-methyl/N-ethyl adjacent to an activating group) is 1. The molecule has 2 aromatic rings. The molecule has 0 aliphatic rings. The van der Waals surface area contributed by atoms with E-state index in [1.165, 1.54) is 4.70 Å². The lowest BCUT2D eigenvalue weighted by atomic mass is 9.92. The van der Waals surface area contributed by atoms with Gasteiger partial charge in [0, 0.05) is 10.2 Å².